The van der Waals surface area contributed by atoms with Crippen molar-refractivity contribution in [1.29, 1.82) is 0 Å². The number of ether oxygens (including phenoxy) is 2. The number of benzene rings is 3. The average Bonchev–Trinajstić information content (AvgIpc) is 3.04. The van der Waals surface area contributed by atoms with Crippen molar-refractivity contribution in [2.24, 2.45) is 0 Å². The summed E-state index contributed by atoms with van der Waals surface area (Å²) in [5.41, 5.74) is 1.36. The fourth-order valence-corrected chi connectivity index (χ4v) is 3.98. The maximum atomic E-state index is 13.9. The number of hydrogen-bond donors (Lipinski definition) is 6. The number of nitrogens with one attached hydrogen (secondary N) is 5. The molecule has 13 nitrogen and oxygen atoms in total. The quantitative estimate of drug-likeness (QED) is 0.0545. The van der Waals surface area contributed by atoms with Gasteiger partial charge in [0.2, 0.25) is 23.5 Å². The Kier molecular flexibility index (Phi) is 12.9. The number of aromatic nitrogens is 3. The van der Waals surface area contributed by atoms with Crippen LogP contribution in [0.5, 0.6) is 5.75 Å². The number of rotatable bonds is 17. The van der Waals surface area contributed by atoms with Gasteiger partial charge < -0.3 is 41.2 Å². The predicted octanol–water partition coefficient (Wildman–Crippen LogP) is 4.30. The number of nitrogens with zero attached hydrogens (tertiary/aromatic N) is 3. The number of phenols is 1. The lowest BCUT2D eigenvalue weighted by molar-refractivity contribution is 0.0535. The molecule has 242 valence electrons. The molecule has 6 N–H and O–H groups in total. The van der Waals surface area contributed by atoms with Crippen LogP contribution in [0.4, 0.5) is 42.8 Å². The summed E-state index contributed by atoms with van der Waals surface area (Å²) in [6.07, 6.45) is 0. The van der Waals surface area contributed by atoms with Gasteiger partial charge in [-0.1, -0.05) is 12.1 Å². The average molecular weight is 655 g/mol. The first-order valence-electron chi connectivity index (χ1n) is 14.1. The SMILES string of the molecule is O=C(P)NCCOCCOCCNc1nc(Nc2ccc(O)cc2)nc(Nc2ccc(C(=O)NCc3cccc(F)c3F)cc2)n1. The molecule has 0 bridgehead atoms. The van der Waals surface area contributed by atoms with Crippen LogP contribution in [-0.4, -0.2) is 71.1 Å². The summed E-state index contributed by atoms with van der Waals surface area (Å²) in [7, 11) is 2.03. The van der Waals surface area contributed by atoms with Crippen LogP contribution in [0, 0.1) is 11.6 Å². The maximum Gasteiger partial charge on any atom is 0.251 e. The molecule has 0 saturated heterocycles. The summed E-state index contributed by atoms with van der Waals surface area (Å²) in [4.78, 5) is 36.6. The van der Waals surface area contributed by atoms with E-state index in [-0.39, 0.29) is 41.4 Å². The van der Waals surface area contributed by atoms with Crippen molar-refractivity contribution in [2.45, 2.75) is 6.54 Å². The van der Waals surface area contributed by atoms with Gasteiger partial charge in [-0.05, 0) is 63.8 Å². The number of aromatic hydroxyl groups is 1. The molecule has 0 aliphatic carbocycles. The molecule has 4 aromatic rings. The fraction of sp³-hybridized carbons (Fsp3) is 0.233. The zero-order valence-corrected chi connectivity index (χ0v) is 25.7. The van der Waals surface area contributed by atoms with Crippen LogP contribution in [0.2, 0.25) is 0 Å². The van der Waals surface area contributed by atoms with E-state index < -0.39 is 17.5 Å². The molecule has 2 amide bonds. The molecule has 1 unspecified atom stereocenters. The molecule has 0 radical (unpaired) electrons. The second-order valence-corrected chi connectivity index (χ2v) is 10.0. The van der Waals surface area contributed by atoms with E-state index in [1.54, 1.807) is 36.4 Å². The number of anilines is 5. The highest BCUT2D eigenvalue weighted by Gasteiger charge is 2.12. The number of hydrogen-bond acceptors (Lipinski definition) is 11. The molecule has 0 aliphatic rings. The highest BCUT2D eigenvalue weighted by molar-refractivity contribution is 7.39. The van der Waals surface area contributed by atoms with E-state index in [0.29, 0.717) is 56.5 Å². The van der Waals surface area contributed by atoms with Gasteiger partial charge in [-0.2, -0.15) is 15.0 Å². The van der Waals surface area contributed by atoms with E-state index in [1.807, 2.05) is 9.24 Å². The van der Waals surface area contributed by atoms with Gasteiger partial charge in [0.15, 0.2) is 11.6 Å². The Bertz CT molecular complexity index is 1600. The number of halogens is 2. The topological polar surface area (TPSA) is 172 Å². The Balaban J connectivity index is 1.34. The van der Waals surface area contributed by atoms with Crippen LogP contribution in [-0.2, 0) is 16.0 Å². The first-order valence-corrected chi connectivity index (χ1v) is 14.7. The van der Waals surface area contributed by atoms with Gasteiger partial charge in [0.25, 0.3) is 5.91 Å². The molecule has 0 saturated carbocycles. The molecule has 1 aromatic heterocycles. The number of amides is 2. The van der Waals surface area contributed by atoms with Gasteiger partial charge in [-0.25, -0.2) is 8.78 Å². The normalized spacial score (nSPS) is 10.7. The predicted molar refractivity (Wildman–Crippen MR) is 172 cm³/mol. The van der Waals surface area contributed by atoms with E-state index in [1.165, 1.54) is 24.3 Å². The standard InChI is InChI=1S/C30H33F2N8O5P/c31-24-3-1-2-20(25(24)32)18-35-26(42)19-4-6-21(7-5-19)36-28-38-27(33-12-14-44-16-17-45-15-13-34-30(43)46)39-29(40-28)37-22-8-10-23(41)11-9-22/h1-11,41H,12-18,46H2,(H,34,43)(H,35,42)(H3,33,36,37,38,39,40). The lowest BCUT2D eigenvalue weighted by Crippen LogP contribution is -2.23. The summed E-state index contributed by atoms with van der Waals surface area (Å²) >= 11 is 0. The van der Waals surface area contributed by atoms with E-state index in [4.69, 9.17) is 9.47 Å². The molecule has 46 heavy (non-hydrogen) atoms. The van der Waals surface area contributed by atoms with Crippen molar-refractivity contribution < 1.29 is 33.0 Å². The van der Waals surface area contributed by atoms with E-state index in [9.17, 15) is 23.5 Å². The maximum absolute atomic E-state index is 13.9. The van der Waals surface area contributed by atoms with E-state index in [2.05, 4.69) is 41.5 Å². The van der Waals surface area contributed by atoms with Crippen molar-refractivity contribution in [1.82, 2.24) is 25.6 Å². The minimum Gasteiger partial charge on any atom is -0.508 e. The summed E-state index contributed by atoms with van der Waals surface area (Å²) in [5.74, 6) is -1.65. The van der Waals surface area contributed by atoms with Crippen LogP contribution in [0.3, 0.4) is 0 Å². The van der Waals surface area contributed by atoms with Gasteiger partial charge in [0.05, 0.1) is 26.4 Å². The molecule has 1 atom stereocenters. The van der Waals surface area contributed by atoms with Crippen molar-refractivity contribution in [3.05, 3.63) is 89.5 Å². The van der Waals surface area contributed by atoms with Crippen molar-refractivity contribution in [3.8, 4) is 5.75 Å². The Morgan fingerprint density at radius 2 is 1.33 bits per heavy atom. The van der Waals surface area contributed by atoms with Crippen LogP contribution in [0.25, 0.3) is 0 Å². The smallest absolute Gasteiger partial charge is 0.251 e. The van der Waals surface area contributed by atoms with Gasteiger partial charge in [-0.15, -0.1) is 0 Å². The molecular formula is C30H33F2N8O5P. The van der Waals surface area contributed by atoms with Gasteiger partial charge in [0, 0.05) is 42.1 Å². The number of carbonyl (C=O) groups excluding carboxylic acids is 2. The Hall–Kier alpha value is -4.98. The summed E-state index contributed by atoms with van der Waals surface area (Å²) in [6, 6.07) is 16.6. The van der Waals surface area contributed by atoms with Gasteiger partial charge >= 0.3 is 0 Å². The van der Waals surface area contributed by atoms with E-state index in [0.717, 1.165) is 6.07 Å². The zero-order valence-electron chi connectivity index (χ0n) is 24.6. The Morgan fingerprint density at radius 3 is 1.96 bits per heavy atom. The van der Waals surface area contributed by atoms with Crippen LogP contribution < -0.4 is 26.6 Å². The molecule has 0 fully saturated rings. The zero-order chi connectivity index (χ0) is 32.7. The molecule has 0 spiro atoms. The summed E-state index contributed by atoms with van der Waals surface area (Å²) in [6.45, 7) is 2.10. The lowest BCUT2D eigenvalue weighted by Gasteiger charge is -2.12. The van der Waals surface area contributed by atoms with Crippen LogP contribution >= 0.6 is 9.24 Å². The number of carbonyl (C=O) groups is 2. The van der Waals surface area contributed by atoms with Crippen LogP contribution in [0.1, 0.15) is 15.9 Å². The van der Waals surface area contributed by atoms with Crippen molar-refractivity contribution >= 4 is 50.0 Å². The largest absolute Gasteiger partial charge is 0.508 e. The second-order valence-electron chi connectivity index (χ2n) is 9.52. The summed E-state index contributed by atoms with van der Waals surface area (Å²) < 4.78 is 38.3. The van der Waals surface area contributed by atoms with E-state index >= 15 is 0 Å². The molecular weight excluding hydrogens is 621 g/mol. The summed E-state index contributed by atoms with van der Waals surface area (Å²) in [5, 5.41) is 24.0. The first-order chi connectivity index (χ1) is 22.3. The molecule has 4 rings (SSSR count). The minimum atomic E-state index is -0.999. The molecule has 1 heterocycles. The second kappa shape index (κ2) is 17.5. The third kappa shape index (κ3) is 11.2. The van der Waals surface area contributed by atoms with Gasteiger partial charge in [-0.3, -0.25) is 9.59 Å². The Labute approximate surface area is 265 Å². The third-order valence-corrected chi connectivity index (χ3v) is 6.28. The fourth-order valence-electron chi connectivity index (χ4n) is 3.84. The molecule has 0 aliphatic heterocycles. The van der Waals surface area contributed by atoms with Gasteiger partial charge in [0.1, 0.15) is 5.75 Å². The first kappa shape index (κ1) is 33.9. The van der Waals surface area contributed by atoms with Crippen LogP contribution in [0.15, 0.2) is 66.7 Å². The minimum absolute atomic E-state index is 0.0396. The molecule has 16 heteroatoms. The van der Waals surface area contributed by atoms with Crippen molar-refractivity contribution in [3.63, 3.8) is 0 Å². The lowest BCUT2D eigenvalue weighted by atomic mass is 10.1. The highest BCUT2D eigenvalue weighted by Crippen LogP contribution is 2.21. The highest BCUT2D eigenvalue weighted by atomic mass is 31.0. The Morgan fingerprint density at radius 1 is 0.739 bits per heavy atom. The van der Waals surface area contributed by atoms with Crippen molar-refractivity contribution in [2.75, 3.05) is 55.5 Å². The number of phenolic OH excluding ortho intramolecular Hbond substituents is 1. The molecule has 3 aromatic carbocycles. The third-order valence-electron chi connectivity index (χ3n) is 6.08. The monoisotopic (exact) mass is 654 g/mol.